The van der Waals surface area contributed by atoms with Gasteiger partial charge in [-0.25, -0.2) is 4.79 Å². The van der Waals surface area contributed by atoms with Crippen LogP contribution in [-0.2, 0) is 14.4 Å². The number of carboxylic acid groups (broad SMARTS) is 2. The van der Waals surface area contributed by atoms with Crippen molar-refractivity contribution < 1.29 is 34.4 Å². The fourth-order valence-corrected chi connectivity index (χ4v) is 1.45. The Bertz CT molecular complexity index is 575. The number of ether oxygens (including phenoxy) is 1. The van der Waals surface area contributed by atoms with Crippen LogP contribution in [0.25, 0.3) is 6.08 Å². The van der Waals surface area contributed by atoms with Crippen molar-refractivity contribution in [3.8, 4) is 11.5 Å². The summed E-state index contributed by atoms with van der Waals surface area (Å²) >= 11 is 0. The highest BCUT2D eigenvalue weighted by Crippen LogP contribution is 2.27. The summed E-state index contributed by atoms with van der Waals surface area (Å²) in [4.78, 5) is 32.1. The smallest absolute Gasteiger partial charge is 0.328 e. The Morgan fingerprint density at radius 1 is 1.14 bits per heavy atom. The lowest BCUT2D eigenvalue weighted by atomic mass is 10.2. The van der Waals surface area contributed by atoms with Gasteiger partial charge in [-0.05, 0) is 30.2 Å². The van der Waals surface area contributed by atoms with E-state index in [1.165, 1.54) is 24.3 Å². The van der Waals surface area contributed by atoms with E-state index in [2.05, 4.69) is 0 Å². The molecule has 21 heavy (non-hydrogen) atoms. The van der Waals surface area contributed by atoms with Crippen LogP contribution in [0.3, 0.4) is 0 Å². The van der Waals surface area contributed by atoms with Crippen LogP contribution < -0.4 is 4.74 Å². The molecule has 0 spiro atoms. The van der Waals surface area contributed by atoms with Gasteiger partial charge in [0, 0.05) is 18.9 Å². The lowest BCUT2D eigenvalue weighted by Crippen LogP contribution is -2.08. The largest absolute Gasteiger partial charge is 0.504 e. The minimum Gasteiger partial charge on any atom is -0.504 e. The van der Waals surface area contributed by atoms with Crippen molar-refractivity contribution in [2.75, 3.05) is 0 Å². The first-order valence-corrected chi connectivity index (χ1v) is 6.05. The number of hydrogen-bond donors (Lipinski definition) is 3. The Morgan fingerprint density at radius 3 is 2.43 bits per heavy atom. The maximum Gasteiger partial charge on any atom is 0.328 e. The molecule has 1 aromatic carbocycles. The Hall–Kier alpha value is -2.83. The summed E-state index contributed by atoms with van der Waals surface area (Å²) in [5.74, 6) is -3.15. The van der Waals surface area contributed by atoms with Gasteiger partial charge in [-0.15, -0.1) is 0 Å². The van der Waals surface area contributed by atoms with Crippen molar-refractivity contribution in [3.05, 3.63) is 29.8 Å². The second-order valence-electron chi connectivity index (χ2n) is 4.12. The van der Waals surface area contributed by atoms with E-state index in [-0.39, 0.29) is 30.8 Å². The summed E-state index contributed by atoms with van der Waals surface area (Å²) in [7, 11) is 0. The highest BCUT2D eigenvalue weighted by molar-refractivity contribution is 5.85. The van der Waals surface area contributed by atoms with Gasteiger partial charge in [-0.2, -0.15) is 0 Å². The Balaban J connectivity index is 2.62. The van der Waals surface area contributed by atoms with Gasteiger partial charge in [0.1, 0.15) is 0 Å². The number of hydrogen-bond acceptors (Lipinski definition) is 5. The standard InChI is InChI=1S/C14H14O7/c15-10-8-9(5-7-13(18)19)4-6-11(10)21-14(20)3-1-2-12(16)17/h4-8,15H,1-3H2,(H,16,17)(H,18,19)/b7-5+. The van der Waals surface area contributed by atoms with Gasteiger partial charge in [-0.3, -0.25) is 9.59 Å². The molecule has 7 nitrogen and oxygen atoms in total. The van der Waals surface area contributed by atoms with Gasteiger partial charge in [-0.1, -0.05) is 6.07 Å². The molecule has 0 aliphatic rings. The molecule has 1 aromatic rings. The Morgan fingerprint density at radius 2 is 1.86 bits per heavy atom. The van der Waals surface area contributed by atoms with Crippen LogP contribution in [0.1, 0.15) is 24.8 Å². The summed E-state index contributed by atoms with van der Waals surface area (Å²) < 4.78 is 4.89. The van der Waals surface area contributed by atoms with Crippen LogP contribution in [-0.4, -0.2) is 33.2 Å². The van der Waals surface area contributed by atoms with Gasteiger partial charge < -0.3 is 20.1 Å². The van der Waals surface area contributed by atoms with Crippen molar-refractivity contribution >= 4 is 24.0 Å². The second kappa shape index (κ2) is 7.68. The Kier molecular flexibility index (Phi) is 5.94. The summed E-state index contributed by atoms with van der Waals surface area (Å²) in [5, 5.41) is 26.6. The number of carbonyl (C=O) groups excluding carboxylic acids is 1. The molecule has 0 aliphatic heterocycles. The number of benzene rings is 1. The third-order valence-electron chi connectivity index (χ3n) is 2.40. The van der Waals surface area contributed by atoms with E-state index < -0.39 is 17.9 Å². The molecule has 0 unspecified atom stereocenters. The summed E-state index contributed by atoms with van der Waals surface area (Å²) in [5.41, 5.74) is 0.431. The maximum atomic E-state index is 11.4. The average molecular weight is 294 g/mol. The predicted octanol–water partition coefficient (Wildman–Crippen LogP) is 1.65. The third-order valence-corrected chi connectivity index (χ3v) is 2.40. The molecule has 0 atom stereocenters. The molecule has 0 amide bonds. The normalized spacial score (nSPS) is 10.5. The van der Waals surface area contributed by atoms with E-state index in [9.17, 15) is 19.5 Å². The van der Waals surface area contributed by atoms with Crippen LogP contribution in [0.15, 0.2) is 24.3 Å². The van der Waals surface area contributed by atoms with E-state index >= 15 is 0 Å². The molecular formula is C14H14O7. The topological polar surface area (TPSA) is 121 Å². The molecule has 0 saturated carbocycles. The average Bonchev–Trinajstić information content (AvgIpc) is 2.38. The monoisotopic (exact) mass is 294 g/mol. The maximum absolute atomic E-state index is 11.4. The fraction of sp³-hybridized carbons (Fsp3) is 0.214. The molecule has 0 bridgehead atoms. The lowest BCUT2D eigenvalue weighted by Gasteiger charge is -2.06. The number of rotatable bonds is 7. The van der Waals surface area contributed by atoms with Gasteiger partial charge in [0.2, 0.25) is 0 Å². The van der Waals surface area contributed by atoms with Crippen molar-refractivity contribution in [1.29, 1.82) is 0 Å². The molecule has 112 valence electrons. The van der Waals surface area contributed by atoms with Crippen molar-refractivity contribution in [2.24, 2.45) is 0 Å². The van der Waals surface area contributed by atoms with Crippen LogP contribution in [0.4, 0.5) is 0 Å². The number of carbonyl (C=O) groups is 3. The van der Waals surface area contributed by atoms with Gasteiger partial charge in [0.25, 0.3) is 0 Å². The molecule has 3 N–H and O–H groups in total. The minimum absolute atomic E-state index is 0.0669. The summed E-state index contributed by atoms with van der Waals surface area (Å²) in [6, 6.07) is 4.05. The molecule has 0 heterocycles. The Labute approximate surface area is 120 Å². The number of phenolic OH excluding ortho intramolecular Hbond substituents is 1. The fourth-order valence-electron chi connectivity index (χ4n) is 1.45. The zero-order valence-electron chi connectivity index (χ0n) is 11.0. The van der Waals surface area contributed by atoms with Crippen LogP contribution in [0, 0.1) is 0 Å². The van der Waals surface area contributed by atoms with Crippen molar-refractivity contribution in [3.63, 3.8) is 0 Å². The van der Waals surface area contributed by atoms with E-state index in [1.807, 2.05) is 0 Å². The first-order chi connectivity index (χ1) is 9.88. The highest BCUT2D eigenvalue weighted by atomic mass is 16.5. The van der Waals surface area contributed by atoms with Gasteiger partial charge >= 0.3 is 17.9 Å². The predicted molar refractivity (Wildman–Crippen MR) is 71.9 cm³/mol. The SMILES string of the molecule is O=C(O)/C=C/c1ccc(OC(=O)CCCC(=O)O)c(O)c1. The molecule has 0 radical (unpaired) electrons. The van der Waals surface area contributed by atoms with Crippen LogP contribution >= 0.6 is 0 Å². The van der Waals surface area contributed by atoms with E-state index in [1.54, 1.807) is 0 Å². The minimum atomic E-state index is -1.12. The van der Waals surface area contributed by atoms with Gasteiger partial charge in [0.05, 0.1) is 0 Å². The lowest BCUT2D eigenvalue weighted by molar-refractivity contribution is -0.138. The van der Waals surface area contributed by atoms with E-state index in [0.717, 1.165) is 6.08 Å². The number of esters is 1. The molecule has 0 aromatic heterocycles. The van der Waals surface area contributed by atoms with Crippen molar-refractivity contribution in [1.82, 2.24) is 0 Å². The van der Waals surface area contributed by atoms with Crippen LogP contribution in [0.2, 0.25) is 0 Å². The number of aliphatic carboxylic acids is 2. The van der Waals surface area contributed by atoms with Crippen molar-refractivity contribution in [2.45, 2.75) is 19.3 Å². The zero-order valence-corrected chi connectivity index (χ0v) is 11.0. The molecule has 0 saturated heterocycles. The first kappa shape index (κ1) is 16.2. The summed E-state index contributed by atoms with van der Waals surface area (Å²) in [6.45, 7) is 0. The molecule has 0 aliphatic carbocycles. The quantitative estimate of drug-likeness (QED) is 0.397. The first-order valence-electron chi connectivity index (χ1n) is 6.05. The van der Waals surface area contributed by atoms with E-state index in [4.69, 9.17) is 14.9 Å². The zero-order chi connectivity index (χ0) is 15.8. The van der Waals surface area contributed by atoms with Crippen LogP contribution in [0.5, 0.6) is 11.5 Å². The summed E-state index contributed by atoms with van der Waals surface area (Å²) in [6.07, 6.45) is 2.12. The highest BCUT2D eigenvalue weighted by Gasteiger charge is 2.10. The molecule has 1 rings (SSSR count). The number of carboxylic acids is 2. The molecular weight excluding hydrogens is 280 g/mol. The van der Waals surface area contributed by atoms with Gasteiger partial charge in [0.15, 0.2) is 11.5 Å². The van der Waals surface area contributed by atoms with E-state index in [0.29, 0.717) is 5.56 Å². The second-order valence-corrected chi connectivity index (χ2v) is 4.12. The molecule has 0 fully saturated rings. The third kappa shape index (κ3) is 6.24. The molecule has 7 heteroatoms. The number of aromatic hydroxyl groups is 1. The number of phenols is 1.